The minimum Gasteiger partial charge on any atom is -0.331 e. The average Bonchev–Trinajstić information content (AvgIpc) is 2.35. The van der Waals surface area contributed by atoms with E-state index < -0.39 is 22.7 Å². The Morgan fingerprint density at radius 3 is 2.57 bits per heavy atom. The number of nitrogens with zero attached hydrogens (tertiary/aromatic N) is 1. The molecule has 5 nitrogen and oxygen atoms in total. The molecular weight excluding hydrogens is 329 g/mol. The summed E-state index contributed by atoms with van der Waals surface area (Å²) in [5, 5.41) is 10.2. The maximum atomic E-state index is 12.5. The van der Waals surface area contributed by atoms with Crippen LogP contribution in [0.15, 0.2) is 18.2 Å². The quantitative estimate of drug-likeness (QED) is 0.571. The largest absolute Gasteiger partial charge is 0.417 e. The summed E-state index contributed by atoms with van der Waals surface area (Å²) < 4.78 is 37.5. The molecule has 0 heterocycles. The predicted octanol–water partition coefficient (Wildman–Crippen LogP) is 2.59. The van der Waals surface area contributed by atoms with Gasteiger partial charge in [-0.15, -0.1) is 0 Å². The fourth-order valence-corrected chi connectivity index (χ4v) is 1.68. The van der Waals surface area contributed by atoms with Gasteiger partial charge in [0.1, 0.15) is 6.42 Å². The van der Waals surface area contributed by atoms with Gasteiger partial charge in [-0.3, -0.25) is 15.6 Å². The second-order valence-electron chi connectivity index (χ2n) is 3.65. The van der Waals surface area contributed by atoms with Crippen LogP contribution in [0.25, 0.3) is 0 Å². The molecule has 0 atom stereocenters. The number of halogens is 4. The molecule has 0 spiro atoms. The Kier molecular flexibility index (Phi) is 5.75. The molecule has 21 heavy (non-hydrogen) atoms. The number of carbonyl (C=O) groups is 1. The first kappa shape index (κ1) is 17.0. The third-order valence-corrected chi connectivity index (χ3v) is 2.60. The number of alkyl halides is 3. The molecule has 0 radical (unpaired) electrons. The fourth-order valence-electron chi connectivity index (χ4n) is 1.23. The molecular formula is C11H8ClF3N4OS. The van der Waals surface area contributed by atoms with Gasteiger partial charge < -0.3 is 5.32 Å². The number of carbonyl (C=O) groups excluding carboxylic acids is 1. The first-order chi connectivity index (χ1) is 9.74. The lowest BCUT2D eigenvalue weighted by molar-refractivity contribution is -0.137. The zero-order valence-corrected chi connectivity index (χ0v) is 11.8. The lowest BCUT2D eigenvalue weighted by atomic mass is 10.2. The Bertz CT molecular complexity index is 600. The van der Waals surface area contributed by atoms with Gasteiger partial charge >= 0.3 is 6.18 Å². The lowest BCUT2D eigenvalue weighted by Crippen LogP contribution is -2.43. The highest BCUT2D eigenvalue weighted by atomic mass is 35.5. The third-order valence-electron chi connectivity index (χ3n) is 2.09. The van der Waals surface area contributed by atoms with Crippen LogP contribution in [0.4, 0.5) is 18.9 Å². The first-order valence-electron chi connectivity index (χ1n) is 5.33. The van der Waals surface area contributed by atoms with Crippen LogP contribution in [0.2, 0.25) is 5.02 Å². The van der Waals surface area contributed by atoms with Gasteiger partial charge in [-0.05, 0) is 30.4 Å². The van der Waals surface area contributed by atoms with Gasteiger partial charge in [-0.25, -0.2) is 0 Å². The Hall–Kier alpha value is -2.05. The summed E-state index contributed by atoms with van der Waals surface area (Å²) in [4.78, 5) is 11.0. The van der Waals surface area contributed by atoms with Gasteiger partial charge in [0.2, 0.25) is 0 Å². The number of nitrogens with one attached hydrogen (secondary N) is 3. The normalized spacial score (nSPS) is 10.4. The van der Waals surface area contributed by atoms with Crippen molar-refractivity contribution in [3.05, 3.63) is 28.8 Å². The standard InChI is InChI=1S/C11H8ClF3N4OS/c12-8-5-6(1-2-7(8)11(13,14)15)17-10(21)19-18-9(20)3-4-16/h1-2,5H,3H2,(H,18,20)(H2,17,19,21). The second-order valence-corrected chi connectivity index (χ2v) is 4.47. The average molecular weight is 337 g/mol. The predicted molar refractivity (Wildman–Crippen MR) is 74.2 cm³/mol. The first-order valence-corrected chi connectivity index (χ1v) is 6.12. The molecule has 0 saturated carbocycles. The van der Waals surface area contributed by atoms with Crippen LogP contribution in [0, 0.1) is 11.3 Å². The summed E-state index contributed by atoms with van der Waals surface area (Å²) in [6.07, 6.45) is -4.90. The SMILES string of the molecule is N#CCC(=O)NNC(=S)Nc1ccc(C(F)(F)F)c(Cl)c1. The molecule has 0 fully saturated rings. The van der Waals surface area contributed by atoms with E-state index in [0.29, 0.717) is 0 Å². The van der Waals surface area contributed by atoms with Crippen molar-refractivity contribution >= 4 is 40.5 Å². The van der Waals surface area contributed by atoms with Crippen LogP contribution < -0.4 is 16.2 Å². The van der Waals surface area contributed by atoms with Crippen molar-refractivity contribution in [2.45, 2.75) is 12.6 Å². The number of anilines is 1. The van der Waals surface area contributed by atoms with Gasteiger partial charge in [0.05, 0.1) is 16.7 Å². The van der Waals surface area contributed by atoms with E-state index in [4.69, 9.17) is 29.1 Å². The van der Waals surface area contributed by atoms with Gasteiger partial charge in [0, 0.05) is 5.69 Å². The van der Waals surface area contributed by atoms with E-state index in [1.54, 1.807) is 6.07 Å². The van der Waals surface area contributed by atoms with Crippen LogP contribution in [-0.4, -0.2) is 11.0 Å². The van der Waals surface area contributed by atoms with Crippen molar-refractivity contribution in [2.24, 2.45) is 0 Å². The molecule has 1 aromatic carbocycles. The lowest BCUT2D eigenvalue weighted by Gasteiger charge is -2.13. The molecule has 0 bridgehead atoms. The molecule has 0 saturated heterocycles. The molecule has 3 N–H and O–H groups in total. The second kappa shape index (κ2) is 7.10. The van der Waals surface area contributed by atoms with Crippen LogP contribution >= 0.6 is 23.8 Å². The van der Waals surface area contributed by atoms with Crippen molar-refractivity contribution in [1.82, 2.24) is 10.9 Å². The van der Waals surface area contributed by atoms with Gasteiger partial charge in [0.25, 0.3) is 5.91 Å². The van der Waals surface area contributed by atoms with Crippen molar-refractivity contribution in [2.75, 3.05) is 5.32 Å². The summed E-state index contributed by atoms with van der Waals surface area (Å²) >= 11 is 10.3. The smallest absolute Gasteiger partial charge is 0.331 e. The van der Waals surface area contributed by atoms with E-state index in [1.165, 1.54) is 0 Å². The molecule has 0 unspecified atom stereocenters. The third kappa shape index (κ3) is 5.45. The van der Waals surface area contributed by atoms with Crippen LogP contribution in [0.1, 0.15) is 12.0 Å². The zero-order valence-electron chi connectivity index (χ0n) is 10.2. The number of benzene rings is 1. The molecule has 0 aliphatic carbocycles. The minimum absolute atomic E-state index is 0.0721. The summed E-state index contributed by atoms with van der Waals surface area (Å²) in [7, 11) is 0. The van der Waals surface area contributed by atoms with E-state index >= 15 is 0 Å². The summed E-state index contributed by atoms with van der Waals surface area (Å²) in [5.74, 6) is -0.605. The Balaban J connectivity index is 2.64. The highest BCUT2D eigenvalue weighted by Crippen LogP contribution is 2.35. The molecule has 1 amide bonds. The van der Waals surface area contributed by atoms with Crippen LogP contribution in [-0.2, 0) is 11.0 Å². The van der Waals surface area contributed by atoms with Crippen molar-refractivity contribution in [3.63, 3.8) is 0 Å². The zero-order chi connectivity index (χ0) is 16.0. The number of rotatable bonds is 2. The Morgan fingerprint density at radius 1 is 1.38 bits per heavy atom. The highest BCUT2D eigenvalue weighted by molar-refractivity contribution is 7.80. The number of hydrazine groups is 1. The van der Waals surface area contributed by atoms with E-state index in [1.807, 2.05) is 0 Å². The molecule has 1 aromatic rings. The van der Waals surface area contributed by atoms with E-state index in [0.717, 1.165) is 18.2 Å². The summed E-state index contributed by atoms with van der Waals surface area (Å²) in [6, 6.07) is 4.63. The van der Waals surface area contributed by atoms with E-state index in [-0.39, 0.29) is 17.2 Å². The van der Waals surface area contributed by atoms with E-state index in [2.05, 4.69) is 16.2 Å². The van der Waals surface area contributed by atoms with Gasteiger partial charge in [-0.1, -0.05) is 11.6 Å². The number of hydrogen-bond acceptors (Lipinski definition) is 3. The van der Waals surface area contributed by atoms with Crippen molar-refractivity contribution in [3.8, 4) is 6.07 Å². The molecule has 0 aliphatic heterocycles. The number of amides is 1. The van der Waals surface area contributed by atoms with Crippen molar-refractivity contribution < 1.29 is 18.0 Å². The van der Waals surface area contributed by atoms with Crippen LogP contribution in [0.3, 0.4) is 0 Å². The molecule has 0 aromatic heterocycles. The molecule has 10 heteroatoms. The fraction of sp³-hybridized carbons (Fsp3) is 0.182. The van der Waals surface area contributed by atoms with Gasteiger partial charge in [-0.2, -0.15) is 18.4 Å². The molecule has 112 valence electrons. The molecule has 1 rings (SSSR count). The highest BCUT2D eigenvalue weighted by Gasteiger charge is 2.33. The Morgan fingerprint density at radius 2 is 2.05 bits per heavy atom. The van der Waals surface area contributed by atoms with Crippen molar-refractivity contribution in [1.29, 1.82) is 5.26 Å². The molecule has 0 aliphatic rings. The maximum absolute atomic E-state index is 12.5. The Labute approximate surface area is 128 Å². The monoisotopic (exact) mass is 336 g/mol. The minimum atomic E-state index is -4.54. The van der Waals surface area contributed by atoms with E-state index in [9.17, 15) is 18.0 Å². The maximum Gasteiger partial charge on any atom is 0.417 e. The summed E-state index contributed by atoms with van der Waals surface area (Å²) in [6.45, 7) is 0. The number of nitriles is 1. The summed E-state index contributed by atoms with van der Waals surface area (Å²) in [5.41, 5.74) is 3.66. The topological polar surface area (TPSA) is 77.0 Å². The van der Waals surface area contributed by atoms with Crippen LogP contribution in [0.5, 0.6) is 0 Å². The number of thiocarbonyl (C=S) groups is 1. The van der Waals surface area contributed by atoms with Gasteiger partial charge in [0.15, 0.2) is 5.11 Å². The number of hydrogen-bond donors (Lipinski definition) is 3.